The molecule has 3 rings (SSSR count). The minimum Gasteiger partial charge on any atom is -0.257 e. The third-order valence-electron chi connectivity index (χ3n) is 4.52. The van der Waals surface area contributed by atoms with E-state index in [1.807, 2.05) is 0 Å². The molecule has 2 aliphatic rings. The Morgan fingerprint density at radius 3 is 1.83 bits per heavy atom. The summed E-state index contributed by atoms with van der Waals surface area (Å²) in [6.07, 6.45) is 8.51. The van der Waals surface area contributed by atoms with Crippen molar-refractivity contribution in [3.05, 3.63) is 29.6 Å². The minimum absolute atomic E-state index is 0.202. The zero-order valence-corrected chi connectivity index (χ0v) is 13.3. The molecule has 18 heavy (non-hydrogen) atoms. The molecule has 0 radical (unpaired) electrons. The molecule has 2 saturated heterocycles. The standard InChI is InChI=1S/C15H23NP2/c1-17-10-4-8-14(17)12-6-3-7-13(16-12)15-9-5-11-18(15)2/h3,6-7,14-15H,4-5,8-11H2,1-2H3/t14-,15-,17+,18+/m1/s1. The van der Waals surface area contributed by atoms with E-state index in [1.54, 1.807) is 0 Å². The van der Waals surface area contributed by atoms with Crippen molar-refractivity contribution in [2.75, 3.05) is 25.7 Å². The van der Waals surface area contributed by atoms with E-state index < -0.39 is 0 Å². The third kappa shape index (κ3) is 2.50. The van der Waals surface area contributed by atoms with Gasteiger partial charge in [0, 0.05) is 22.7 Å². The fraction of sp³-hybridized carbons (Fsp3) is 0.667. The first-order chi connectivity index (χ1) is 8.75. The van der Waals surface area contributed by atoms with Crippen molar-refractivity contribution in [3.63, 3.8) is 0 Å². The van der Waals surface area contributed by atoms with Crippen LogP contribution in [0.25, 0.3) is 0 Å². The first-order valence-corrected chi connectivity index (χ1v) is 11.2. The molecule has 2 aliphatic heterocycles. The van der Waals surface area contributed by atoms with Gasteiger partial charge in [0.15, 0.2) is 0 Å². The molecule has 0 saturated carbocycles. The molecule has 0 aromatic carbocycles. The van der Waals surface area contributed by atoms with Gasteiger partial charge in [-0.15, -0.1) is 15.8 Å². The maximum atomic E-state index is 5.07. The lowest BCUT2D eigenvalue weighted by molar-refractivity contribution is 0.767. The molecule has 1 aromatic heterocycles. The van der Waals surface area contributed by atoms with Gasteiger partial charge >= 0.3 is 0 Å². The Morgan fingerprint density at radius 1 is 0.944 bits per heavy atom. The van der Waals surface area contributed by atoms with Crippen LogP contribution in [-0.2, 0) is 0 Å². The van der Waals surface area contributed by atoms with E-state index in [2.05, 4.69) is 31.5 Å². The lowest BCUT2D eigenvalue weighted by Crippen LogP contribution is -2.01. The fourth-order valence-electron chi connectivity index (χ4n) is 3.41. The molecule has 1 nitrogen and oxygen atoms in total. The van der Waals surface area contributed by atoms with Gasteiger partial charge in [0.25, 0.3) is 0 Å². The van der Waals surface area contributed by atoms with E-state index in [1.165, 1.54) is 49.4 Å². The molecule has 0 bridgehead atoms. The molecule has 3 heterocycles. The predicted octanol–water partition coefficient (Wildman–Crippen LogP) is 4.97. The van der Waals surface area contributed by atoms with Crippen LogP contribution in [0.1, 0.15) is 48.4 Å². The van der Waals surface area contributed by atoms with E-state index in [0.717, 1.165) is 11.3 Å². The molecule has 2 fully saturated rings. The second kappa shape index (κ2) is 5.56. The summed E-state index contributed by atoms with van der Waals surface area (Å²) in [6.45, 7) is 4.92. The summed E-state index contributed by atoms with van der Waals surface area (Å²) < 4.78 is 0. The Kier molecular flexibility index (Phi) is 4.02. The Balaban J connectivity index is 1.84. The van der Waals surface area contributed by atoms with Crippen LogP contribution >= 0.6 is 15.8 Å². The lowest BCUT2D eigenvalue weighted by atomic mass is 10.1. The van der Waals surface area contributed by atoms with Crippen molar-refractivity contribution < 1.29 is 0 Å². The summed E-state index contributed by atoms with van der Waals surface area (Å²) in [5, 5.41) is 0. The highest BCUT2D eigenvalue weighted by molar-refractivity contribution is 7.57. The topological polar surface area (TPSA) is 12.9 Å². The number of rotatable bonds is 2. The second-order valence-electron chi connectivity index (χ2n) is 5.76. The maximum Gasteiger partial charge on any atom is 0.0480 e. The average molecular weight is 279 g/mol. The quantitative estimate of drug-likeness (QED) is 0.696. The molecule has 0 spiro atoms. The average Bonchev–Trinajstić information content (AvgIpc) is 2.98. The number of aromatic nitrogens is 1. The molecule has 0 unspecified atom stereocenters. The number of pyridine rings is 1. The summed E-state index contributed by atoms with van der Waals surface area (Å²) in [5.41, 5.74) is 4.41. The summed E-state index contributed by atoms with van der Waals surface area (Å²) >= 11 is 0. The van der Waals surface area contributed by atoms with E-state index in [0.29, 0.717) is 0 Å². The van der Waals surface area contributed by atoms with Gasteiger partial charge in [-0.05, 0) is 63.5 Å². The van der Waals surface area contributed by atoms with E-state index in [9.17, 15) is 0 Å². The molecule has 98 valence electrons. The van der Waals surface area contributed by atoms with Gasteiger partial charge in [0.1, 0.15) is 0 Å². The zero-order valence-electron chi connectivity index (χ0n) is 11.5. The van der Waals surface area contributed by atoms with Crippen LogP contribution in [0.4, 0.5) is 0 Å². The Hall–Kier alpha value is 0.01000. The highest BCUT2D eigenvalue weighted by Gasteiger charge is 2.28. The maximum absolute atomic E-state index is 5.07. The van der Waals surface area contributed by atoms with Crippen LogP contribution in [0.3, 0.4) is 0 Å². The summed E-state index contributed by atoms with van der Waals surface area (Å²) in [6, 6.07) is 6.83. The minimum atomic E-state index is 0.202. The van der Waals surface area contributed by atoms with Crippen LogP contribution < -0.4 is 0 Å². The van der Waals surface area contributed by atoms with Crippen molar-refractivity contribution in [2.24, 2.45) is 0 Å². The van der Waals surface area contributed by atoms with Crippen molar-refractivity contribution in [3.8, 4) is 0 Å². The van der Waals surface area contributed by atoms with Gasteiger partial charge in [0.2, 0.25) is 0 Å². The normalized spacial score (nSPS) is 36.1. The summed E-state index contributed by atoms with van der Waals surface area (Å²) in [5.74, 6) is 0. The van der Waals surface area contributed by atoms with E-state index in [4.69, 9.17) is 4.98 Å². The lowest BCUT2D eigenvalue weighted by Gasteiger charge is -2.19. The molecule has 0 aliphatic carbocycles. The summed E-state index contributed by atoms with van der Waals surface area (Å²) in [4.78, 5) is 5.07. The molecular formula is C15H23NP2. The Bertz CT molecular complexity index is 385. The summed E-state index contributed by atoms with van der Waals surface area (Å²) in [7, 11) is 0.405. The molecule has 4 atom stereocenters. The van der Waals surface area contributed by atoms with E-state index in [-0.39, 0.29) is 15.8 Å². The molecule has 1 aromatic rings. The first-order valence-electron chi connectivity index (χ1n) is 7.13. The molecular weight excluding hydrogens is 256 g/mol. The second-order valence-corrected chi connectivity index (χ2v) is 10.9. The van der Waals surface area contributed by atoms with E-state index >= 15 is 0 Å². The van der Waals surface area contributed by atoms with Gasteiger partial charge in [-0.2, -0.15) is 0 Å². The predicted molar refractivity (Wildman–Crippen MR) is 83.6 cm³/mol. The SMILES string of the molecule is C[P@@]1CCC[C@@H]1c1cccc([C@H]2CCC[P@]2C)n1. The van der Waals surface area contributed by atoms with Gasteiger partial charge < -0.3 is 0 Å². The van der Waals surface area contributed by atoms with Crippen molar-refractivity contribution in [2.45, 2.75) is 37.0 Å². The van der Waals surface area contributed by atoms with Gasteiger partial charge in [-0.3, -0.25) is 4.98 Å². The van der Waals surface area contributed by atoms with Crippen molar-refractivity contribution in [1.29, 1.82) is 0 Å². The van der Waals surface area contributed by atoms with Crippen molar-refractivity contribution >= 4 is 15.8 Å². The van der Waals surface area contributed by atoms with Gasteiger partial charge in [0.05, 0.1) is 0 Å². The fourth-order valence-corrected chi connectivity index (χ4v) is 7.83. The number of hydrogen-bond acceptors (Lipinski definition) is 1. The highest BCUT2D eigenvalue weighted by atomic mass is 31.1. The number of nitrogens with zero attached hydrogens (tertiary/aromatic N) is 1. The van der Waals surface area contributed by atoms with Gasteiger partial charge in [-0.25, -0.2) is 0 Å². The smallest absolute Gasteiger partial charge is 0.0480 e. The number of hydrogen-bond donors (Lipinski definition) is 0. The zero-order chi connectivity index (χ0) is 12.5. The van der Waals surface area contributed by atoms with Crippen LogP contribution in [0.15, 0.2) is 18.2 Å². The Morgan fingerprint density at radius 2 is 1.44 bits per heavy atom. The third-order valence-corrected chi connectivity index (χ3v) is 9.73. The monoisotopic (exact) mass is 279 g/mol. The largest absolute Gasteiger partial charge is 0.257 e. The van der Waals surface area contributed by atoms with Gasteiger partial charge in [-0.1, -0.05) is 6.07 Å². The van der Waals surface area contributed by atoms with Crippen LogP contribution in [-0.4, -0.2) is 30.6 Å². The van der Waals surface area contributed by atoms with Crippen molar-refractivity contribution in [1.82, 2.24) is 4.98 Å². The molecule has 0 amide bonds. The van der Waals surface area contributed by atoms with Crippen LogP contribution in [0.2, 0.25) is 0 Å². The van der Waals surface area contributed by atoms with Crippen LogP contribution in [0, 0.1) is 0 Å². The van der Waals surface area contributed by atoms with Crippen LogP contribution in [0.5, 0.6) is 0 Å². The molecule has 0 N–H and O–H groups in total. The first kappa shape index (κ1) is 13.0. The highest BCUT2D eigenvalue weighted by Crippen LogP contribution is 2.58. The Labute approximate surface area is 113 Å². The molecule has 3 heteroatoms.